The lowest BCUT2D eigenvalue weighted by Gasteiger charge is -2.37. The van der Waals surface area contributed by atoms with Gasteiger partial charge in [-0.3, -0.25) is 9.78 Å². The lowest BCUT2D eigenvalue weighted by molar-refractivity contribution is 0.102. The first-order valence-corrected chi connectivity index (χ1v) is 9.42. The molecule has 0 bridgehead atoms. The normalized spacial score (nSPS) is 16.7. The van der Waals surface area contributed by atoms with Crippen LogP contribution in [0.4, 0.5) is 11.4 Å². The van der Waals surface area contributed by atoms with Crippen LogP contribution in [-0.4, -0.2) is 37.7 Å². The van der Waals surface area contributed by atoms with E-state index >= 15 is 0 Å². The Bertz CT molecular complexity index is 794. The van der Waals surface area contributed by atoms with Crippen LogP contribution in [0, 0.1) is 0 Å². The number of nitrogens with one attached hydrogen (secondary N) is 1. The fourth-order valence-electron chi connectivity index (χ4n) is 3.60. The van der Waals surface area contributed by atoms with Gasteiger partial charge in [0.15, 0.2) is 11.5 Å². The summed E-state index contributed by atoms with van der Waals surface area (Å²) in [5, 5.41) is 2.88. The molecule has 0 radical (unpaired) electrons. The van der Waals surface area contributed by atoms with Crippen molar-refractivity contribution in [3.05, 3.63) is 42.2 Å². The van der Waals surface area contributed by atoms with Crippen LogP contribution in [-0.2, 0) is 0 Å². The molecule has 1 saturated heterocycles. The maximum absolute atomic E-state index is 12.7. The van der Waals surface area contributed by atoms with Crippen LogP contribution in [0.5, 0.6) is 11.5 Å². The molecule has 27 heavy (non-hydrogen) atoms. The van der Waals surface area contributed by atoms with Crippen molar-refractivity contribution in [2.75, 3.05) is 31.0 Å². The monoisotopic (exact) mass is 369 g/mol. The third-order valence-electron chi connectivity index (χ3n) is 5.05. The van der Waals surface area contributed by atoms with Crippen LogP contribution in [0.3, 0.4) is 0 Å². The molecule has 1 unspecified atom stereocenters. The van der Waals surface area contributed by atoms with E-state index < -0.39 is 0 Å². The largest absolute Gasteiger partial charge is 0.493 e. The first-order chi connectivity index (χ1) is 13.2. The number of carbonyl (C=O) groups excluding carboxylic acids is 1. The average molecular weight is 369 g/mol. The summed E-state index contributed by atoms with van der Waals surface area (Å²) in [4.78, 5) is 19.4. The summed E-state index contributed by atoms with van der Waals surface area (Å²) in [7, 11) is 3.15. The van der Waals surface area contributed by atoms with Crippen molar-refractivity contribution in [2.45, 2.75) is 38.6 Å². The van der Waals surface area contributed by atoms with Gasteiger partial charge in [0.25, 0.3) is 5.91 Å². The van der Waals surface area contributed by atoms with Gasteiger partial charge < -0.3 is 19.7 Å². The first kappa shape index (κ1) is 19.0. The number of methoxy groups -OCH3 is 2. The second-order valence-corrected chi connectivity index (χ2v) is 6.67. The van der Waals surface area contributed by atoms with Crippen LogP contribution >= 0.6 is 0 Å². The molecule has 1 aromatic carbocycles. The summed E-state index contributed by atoms with van der Waals surface area (Å²) in [5.41, 5.74) is 2.10. The zero-order chi connectivity index (χ0) is 19.2. The van der Waals surface area contributed by atoms with Gasteiger partial charge in [0.1, 0.15) is 5.69 Å². The van der Waals surface area contributed by atoms with Crippen LogP contribution in [0.15, 0.2) is 36.5 Å². The van der Waals surface area contributed by atoms with Crippen molar-refractivity contribution < 1.29 is 14.3 Å². The molecular weight excluding hydrogens is 342 g/mol. The first-order valence-electron chi connectivity index (χ1n) is 9.42. The Morgan fingerprint density at radius 2 is 2.00 bits per heavy atom. The van der Waals surface area contributed by atoms with Gasteiger partial charge in [-0.25, -0.2) is 0 Å². The topological polar surface area (TPSA) is 63.7 Å². The smallest absolute Gasteiger partial charge is 0.274 e. The summed E-state index contributed by atoms with van der Waals surface area (Å²) in [6.45, 7) is 3.24. The zero-order valence-corrected chi connectivity index (χ0v) is 16.2. The van der Waals surface area contributed by atoms with Crippen molar-refractivity contribution in [1.82, 2.24) is 4.98 Å². The highest BCUT2D eigenvalue weighted by Crippen LogP contribution is 2.30. The fourth-order valence-corrected chi connectivity index (χ4v) is 3.60. The highest BCUT2D eigenvalue weighted by atomic mass is 16.5. The van der Waals surface area contributed by atoms with Gasteiger partial charge in [0.05, 0.1) is 14.2 Å². The number of aromatic nitrogens is 1. The molecule has 2 aromatic rings. The van der Waals surface area contributed by atoms with Gasteiger partial charge in [-0.1, -0.05) is 6.92 Å². The predicted octanol–water partition coefficient (Wildman–Crippen LogP) is 4.12. The molecule has 2 heterocycles. The Morgan fingerprint density at radius 1 is 1.19 bits per heavy atom. The van der Waals surface area contributed by atoms with E-state index in [0.717, 1.165) is 18.7 Å². The van der Waals surface area contributed by atoms with E-state index in [9.17, 15) is 4.79 Å². The number of pyridine rings is 1. The number of amides is 1. The fraction of sp³-hybridized carbons (Fsp3) is 0.429. The molecular formula is C21H27N3O3. The van der Waals surface area contributed by atoms with Crippen molar-refractivity contribution in [1.29, 1.82) is 0 Å². The Kier molecular flexibility index (Phi) is 6.16. The van der Waals surface area contributed by atoms with Crippen LogP contribution in [0.25, 0.3) is 0 Å². The number of anilines is 2. The summed E-state index contributed by atoms with van der Waals surface area (Å²) < 4.78 is 10.5. The lowest BCUT2D eigenvalue weighted by atomic mass is 9.99. The molecule has 3 rings (SSSR count). The molecule has 1 aliphatic rings. The predicted molar refractivity (Wildman–Crippen MR) is 107 cm³/mol. The van der Waals surface area contributed by atoms with E-state index in [-0.39, 0.29) is 5.91 Å². The molecule has 1 amide bonds. The van der Waals surface area contributed by atoms with Crippen LogP contribution < -0.4 is 19.7 Å². The summed E-state index contributed by atoms with van der Waals surface area (Å²) in [6.07, 6.45) is 6.47. The molecule has 0 aliphatic carbocycles. The van der Waals surface area contributed by atoms with Gasteiger partial charge in [0, 0.05) is 36.2 Å². The van der Waals surface area contributed by atoms with Crippen molar-refractivity contribution >= 4 is 17.3 Å². The van der Waals surface area contributed by atoms with Gasteiger partial charge in [-0.2, -0.15) is 0 Å². The number of hydrogen-bond donors (Lipinski definition) is 1. The van der Waals surface area contributed by atoms with Crippen molar-refractivity contribution in [3.63, 3.8) is 0 Å². The number of hydrogen-bond acceptors (Lipinski definition) is 5. The second-order valence-electron chi connectivity index (χ2n) is 6.67. The Hall–Kier alpha value is -2.76. The molecule has 0 spiro atoms. The van der Waals surface area contributed by atoms with Crippen molar-refractivity contribution in [2.24, 2.45) is 0 Å². The van der Waals surface area contributed by atoms with E-state index in [1.54, 1.807) is 38.6 Å². The van der Waals surface area contributed by atoms with Gasteiger partial charge in [-0.05, 0) is 49.9 Å². The minimum atomic E-state index is -0.242. The molecule has 1 atom stereocenters. The standard InChI is InChI=1S/C21H27N3O3/c1-4-16-7-5-6-12-24(16)17-10-11-22-18(14-17)21(25)23-15-8-9-19(26-2)20(13-15)27-3/h8-11,13-14,16H,4-7,12H2,1-3H3,(H,23,25). The third kappa shape index (κ3) is 4.32. The number of rotatable bonds is 6. The maximum Gasteiger partial charge on any atom is 0.274 e. The number of piperidine rings is 1. The maximum atomic E-state index is 12.7. The number of ether oxygens (including phenoxy) is 2. The van der Waals surface area contributed by atoms with Gasteiger partial charge in [-0.15, -0.1) is 0 Å². The quantitative estimate of drug-likeness (QED) is 0.830. The Morgan fingerprint density at radius 3 is 2.74 bits per heavy atom. The molecule has 1 aliphatic heterocycles. The van der Waals surface area contributed by atoms with E-state index in [1.165, 1.54) is 19.3 Å². The zero-order valence-electron chi connectivity index (χ0n) is 16.2. The van der Waals surface area contributed by atoms with Crippen LogP contribution in [0.1, 0.15) is 43.1 Å². The molecule has 144 valence electrons. The van der Waals surface area contributed by atoms with E-state index in [2.05, 4.69) is 22.1 Å². The third-order valence-corrected chi connectivity index (χ3v) is 5.05. The number of benzene rings is 1. The molecule has 6 nitrogen and oxygen atoms in total. The highest BCUT2D eigenvalue weighted by molar-refractivity contribution is 6.03. The van der Waals surface area contributed by atoms with Gasteiger partial charge in [0.2, 0.25) is 0 Å². The second kappa shape index (κ2) is 8.75. The van der Waals surface area contributed by atoms with E-state index in [4.69, 9.17) is 9.47 Å². The molecule has 6 heteroatoms. The minimum absolute atomic E-state index is 0.242. The lowest BCUT2D eigenvalue weighted by Crippen LogP contribution is -2.39. The molecule has 1 fully saturated rings. The molecule has 0 saturated carbocycles. The summed E-state index contributed by atoms with van der Waals surface area (Å²) >= 11 is 0. The Labute approximate surface area is 160 Å². The van der Waals surface area contributed by atoms with E-state index in [1.807, 2.05) is 12.1 Å². The van der Waals surface area contributed by atoms with Gasteiger partial charge >= 0.3 is 0 Å². The van der Waals surface area contributed by atoms with Crippen molar-refractivity contribution in [3.8, 4) is 11.5 Å². The summed E-state index contributed by atoms with van der Waals surface area (Å²) in [5.74, 6) is 0.941. The SMILES string of the molecule is CCC1CCCCN1c1ccnc(C(=O)Nc2ccc(OC)c(OC)c2)c1. The minimum Gasteiger partial charge on any atom is -0.493 e. The number of nitrogens with zero attached hydrogens (tertiary/aromatic N) is 2. The highest BCUT2D eigenvalue weighted by Gasteiger charge is 2.22. The molecule has 1 N–H and O–H groups in total. The number of carbonyl (C=O) groups is 1. The Balaban J connectivity index is 1.77. The summed E-state index contributed by atoms with van der Waals surface area (Å²) in [6, 6.07) is 9.67. The van der Waals surface area contributed by atoms with E-state index in [0.29, 0.717) is 28.9 Å². The average Bonchev–Trinajstić information content (AvgIpc) is 2.73. The molecule has 1 aromatic heterocycles. The van der Waals surface area contributed by atoms with Crippen LogP contribution in [0.2, 0.25) is 0 Å².